The lowest BCUT2D eigenvalue weighted by atomic mass is 9.81. The highest BCUT2D eigenvalue weighted by Crippen LogP contribution is 2.41. The quantitative estimate of drug-likeness (QED) is 0.524. The highest BCUT2D eigenvalue weighted by molar-refractivity contribution is 4.80. The third kappa shape index (κ3) is 3.00. The molecule has 0 radical (unpaired) electrons. The lowest BCUT2D eigenvalue weighted by molar-refractivity contribution is 0.253. The molecule has 1 aliphatic carbocycles. The first kappa shape index (κ1) is 11.1. The SMILES string of the molecule is CC(C)C1CCC(C)(C)CCC1C. The van der Waals surface area contributed by atoms with Crippen LogP contribution in [0.2, 0.25) is 0 Å². The summed E-state index contributed by atoms with van der Waals surface area (Å²) in [5.74, 6) is 2.80. The molecule has 1 aliphatic rings. The van der Waals surface area contributed by atoms with Crippen LogP contribution in [0.4, 0.5) is 0 Å². The maximum atomic E-state index is 2.45. The Balaban J connectivity index is 2.60. The van der Waals surface area contributed by atoms with E-state index < -0.39 is 0 Å². The second-order valence-corrected chi connectivity index (χ2v) is 6.13. The molecule has 0 saturated heterocycles. The van der Waals surface area contributed by atoms with Gasteiger partial charge in [0.05, 0.1) is 0 Å². The van der Waals surface area contributed by atoms with Gasteiger partial charge in [-0.3, -0.25) is 0 Å². The summed E-state index contributed by atoms with van der Waals surface area (Å²) in [5.41, 5.74) is 0.609. The van der Waals surface area contributed by atoms with Gasteiger partial charge < -0.3 is 0 Å². The van der Waals surface area contributed by atoms with Crippen molar-refractivity contribution in [3.63, 3.8) is 0 Å². The summed E-state index contributed by atoms with van der Waals surface area (Å²) in [4.78, 5) is 0. The van der Waals surface area contributed by atoms with E-state index in [2.05, 4.69) is 34.6 Å². The van der Waals surface area contributed by atoms with E-state index in [-0.39, 0.29) is 0 Å². The van der Waals surface area contributed by atoms with Crippen LogP contribution in [0.1, 0.15) is 60.3 Å². The second kappa shape index (κ2) is 4.02. The van der Waals surface area contributed by atoms with Crippen molar-refractivity contribution in [2.75, 3.05) is 0 Å². The lowest BCUT2D eigenvalue weighted by Gasteiger charge is -2.25. The Hall–Kier alpha value is 0. The van der Waals surface area contributed by atoms with Gasteiger partial charge in [-0.15, -0.1) is 0 Å². The molecule has 0 aliphatic heterocycles. The van der Waals surface area contributed by atoms with Crippen LogP contribution in [0.25, 0.3) is 0 Å². The highest BCUT2D eigenvalue weighted by Gasteiger charge is 2.29. The summed E-state index contributed by atoms with van der Waals surface area (Å²) >= 11 is 0. The molecule has 0 spiro atoms. The van der Waals surface area contributed by atoms with E-state index in [0.717, 1.165) is 17.8 Å². The zero-order valence-corrected chi connectivity index (χ0v) is 10.1. The molecule has 0 heteroatoms. The Morgan fingerprint density at radius 2 is 1.62 bits per heavy atom. The van der Waals surface area contributed by atoms with Crippen LogP contribution >= 0.6 is 0 Å². The molecule has 1 saturated carbocycles. The van der Waals surface area contributed by atoms with Gasteiger partial charge in [-0.25, -0.2) is 0 Å². The van der Waals surface area contributed by atoms with Gasteiger partial charge in [0.25, 0.3) is 0 Å². The maximum Gasteiger partial charge on any atom is -0.0354 e. The van der Waals surface area contributed by atoms with Gasteiger partial charge in [-0.1, -0.05) is 34.6 Å². The molecule has 13 heavy (non-hydrogen) atoms. The molecule has 1 rings (SSSR count). The van der Waals surface area contributed by atoms with Crippen LogP contribution in [-0.4, -0.2) is 0 Å². The van der Waals surface area contributed by atoms with Crippen molar-refractivity contribution in [3.8, 4) is 0 Å². The Bertz CT molecular complexity index is 155. The molecule has 0 amide bonds. The summed E-state index contributed by atoms with van der Waals surface area (Å²) in [6.45, 7) is 12.1. The van der Waals surface area contributed by atoms with Gasteiger partial charge in [0.1, 0.15) is 0 Å². The molecule has 0 aromatic carbocycles. The largest absolute Gasteiger partial charge is 0.0625 e. The molecule has 0 nitrogen and oxygen atoms in total. The Kier molecular flexibility index (Phi) is 3.43. The van der Waals surface area contributed by atoms with Gasteiger partial charge in [-0.05, 0) is 48.9 Å². The Morgan fingerprint density at radius 1 is 1.08 bits per heavy atom. The van der Waals surface area contributed by atoms with Crippen molar-refractivity contribution in [2.24, 2.45) is 23.2 Å². The highest BCUT2D eigenvalue weighted by atomic mass is 14.3. The van der Waals surface area contributed by atoms with Crippen molar-refractivity contribution in [1.29, 1.82) is 0 Å². The van der Waals surface area contributed by atoms with Gasteiger partial charge in [0, 0.05) is 0 Å². The van der Waals surface area contributed by atoms with Gasteiger partial charge >= 0.3 is 0 Å². The molecule has 1 fully saturated rings. The first-order valence-corrected chi connectivity index (χ1v) is 5.92. The minimum atomic E-state index is 0.609. The number of hydrogen-bond acceptors (Lipinski definition) is 0. The van der Waals surface area contributed by atoms with Gasteiger partial charge in [0.15, 0.2) is 0 Å². The summed E-state index contributed by atoms with van der Waals surface area (Å²) < 4.78 is 0. The summed E-state index contributed by atoms with van der Waals surface area (Å²) in [6.07, 6.45) is 5.75. The fourth-order valence-corrected chi connectivity index (χ4v) is 2.79. The van der Waals surface area contributed by atoms with E-state index in [1.165, 1.54) is 25.7 Å². The molecule has 0 heterocycles. The van der Waals surface area contributed by atoms with Crippen molar-refractivity contribution in [3.05, 3.63) is 0 Å². The second-order valence-electron chi connectivity index (χ2n) is 6.13. The molecule has 78 valence electrons. The average molecular weight is 182 g/mol. The van der Waals surface area contributed by atoms with E-state index in [1.54, 1.807) is 0 Å². The third-order valence-electron chi connectivity index (χ3n) is 4.02. The van der Waals surface area contributed by atoms with Gasteiger partial charge in [0.2, 0.25) is 0 Å². The van der Waals surface area contributed by atoms with E-state index >= 15 is 0 Å². The molecule has 0 aromatic rings. The topological polar surface area (TPSA) is 0 Å². The summed E-state index contributed by atoms with van der Waals surface area (Å²) in [7, 11) is 0. The van der Waals surface area contributed by atoms with Crippen molar-refractivity contribution < 1.29 is 0 Å². The molecule has 2 unspecified atom stereocenters. The van der Waals surface area contributed by atoms with E-state index in [9.17, 15) is 0 Å². The van der Waals surface area contributed by atoms with Gasteiger partial charge in [-0.2, -0.15) is 0 Å². The Morgan fingerprint density at radius 3 is 2.15 bits per heavy atom. The van der Waals surface area contributed by atoms with Crippen LogP contribution in [0.5, 0.6) is 0 Å². The predicted molar refractivity (Wildman–Crippen MR) is 59.7 cm³/mol. The fourth-order valence-electron chi connectivity index (χ4n) is 2.79. The molecule has 0 N–H and O–H groups in total. The smallest absolute Gasteiger partial charge is 0.0354 e. The number of rotatable bonds is 1. The average Bonchev–Trinajstić information content (AvgIpc) is 2.11. The third-order valence-corrected chi connectivity index (χ3v) is 4.02. The molecule has 2 atom stereocenters. The van der Waals surface area contributed by atoms with E-state index in [0.29, 0.717) is 5.41 Å². The maximum absolute atomic E-state index is 2.45. The van der Waals surface area contributed by atoms with Crippen LogP contribution in [0, 0.1) is 23.2 Å². The minimum absolute atomic E-state index is 0.609. The zero-order chi connectivity index (χ0) is 10.1. The van der Waals surface area contributed by atoms with Crippen LogP contribution in [-0.2, 0) is 0 Å². The Labute approximate surface area is 84.1 Å². The van der Waals surface area contributed by atoms with Crippen LogP contribution in [0.3, 0.4) is 0 Å². The van der Waals surface area contributed by atoms with E-state index in [1.807, 2.05) is 0 Å². The fraction of sp³-hybridized carbons (Fsp3) is 1.00. The monoisotopic (exact) mass is 182 g/mol. The lowest BCUT2D eigenvalue weighted by Crippen LogP contribution is -2.16. The molecule has 0 aromatic heterocycles. The zero-order valence-electron chi connectivity index (χ0n) is 10.1. The van der Waals surface area contributed by atoms with E-state index in [4.69, 9.17) is 0 Å². The number of hydrogen-bond donors (Lipinski definition) is 0. The predicted octanol–water partition coefficient (Wildman–Crippen LogP) is 4.49. The van der Waals surface area contributed by atoms with Crippen molar-refractivity contribution in [1.82, 2.24) is 0 Å². The molecular formula is C13H26. The standard InChI is InChI=1S/C13H26/c1-10(2)12-7-9-13(4,5)8-6-11(12)3/h10-12H,6-9H2,1-5H3. The summed E-state index contributed by atoms with van der Waals surface area (Å²) in [5, 5.41) is 0. The molecule has 0 bridgehead atoms. The van der Waals surface area contributed by atoms with Crippen molar-refractivity contribution >= 4 is 0 Å². The van der Waals surface area contributed by atoms with Crippen LogP contribution < -0.4 is 0 Å². The van der Waals surface area contributed by atoms with Crippen LogP contribution in [0.15, 0.2) is 0 Å². The first-order chi connectivity index (χ1) is 5.92. The van der Waals surface area contributed by atoms with Crippen molar-refractivity contribution in [2.45, 2.75) is 60.3 Å². The normalized spacial score (nSPS) is 34.6. The summed E-state index contributed by atoms with van der Waals surface area (Å²) in [6, 6.07) is 0. The first-order valence-electron chi connectivity index (χ1n) is 5.92. The molecular weight excluding hydrogens is 156 g/mol. The minimum Gasteiger partial charge on any atom is -0.0625 e.